The van der Waals surface area contributed by atoms with Crippen molar-refractivity contribution in [2.24, 2.45) is 0 Å². The van der Waals surface area contributed by atoms with Crippen LogP contribution in [0.1, 0.15) is 21.5 Å². The van der Waals surface area contributed by atoms with Crippen LogP contribution in [0.3, 0.4) is 0 Å². The fourth-order valence-corrected chi connectivity index (χ4v) is 3.11. The number of nitrogens with zero attached hydrogens (tertiary/aromatic N) is 1. The maximum Gasteiger partial charge on any atom is 0.335 e. The number of carboxylic acids is 1. The monoisotopic (exact) mass is 411 g/mol. The van der Waals surface area contributed by atoms with Gasteiger partial charge in [0.1, 0.15) is 13.2 Å². The average molecular weight is 411 g/mol. The van der Waals surface area contributed by atoms with E-state index in [9.17, 15) is 9.90 Å². The Bertz CT molecular complexity index is 1160. The molecule has 4 rings (SSSR count). The Hall–Kier alpha value is -4.12. The van der Waals surface area contributed by atoms with Crippen molar-refractivity contribution in [3.05, 3.63) is 114 Å². The number of benzene rings is 3. The van der Waals surface area contributed by atoms with Gasteiger partial charge >= 0.3 is 5.97 Å². The van der Waals surface area contributed by atoms with Crippen molar-refractivity contribution in [2.45, 2.75) is 13.2 Å². The lowest BCUT2D eigenvalue weighted by atomic mass is 10.0. The molecular formula is C26H21NO4. The lowest BCUT2D eigenvalue weighted by Crippen LogP contribution is -2.03. The summed E-state index contributed by atoms with van der Waals surface area (Å²) in [6, 6.07) is 29.9. The number of aromatic carboxylic acids is 1. The van der Waals surface area contributed by atoms with E-state index in [-0.39, 0.29) is 5.56 Å². The van der Waals surface area contributed by atoms with Gasteiger partial charge in [0.05, 0.1) is 5.56 Å². The molecule has 3 aromatic carbocycles. The number of carbonyl (C=O) groups is 1. The van der Waals surface area contributed by atoms with Crippen LogP contribution in [-0.4, -0.2) is 16.1 Å². The summed E-state index contributed by atoms with van der Waals surface area (Å²) >= 11 is 0. The standard InChI is InChI=1S/C26H21NO4/c28-26(29)22-13-7-12-21(16-22)23-14-15-24(30-17-19-8-3-1-4-9-19)27-25(23)31-18-20-10-5-2-6-11-20/h1-16H,17-18H2,(H,28,29). The number of hydrogen-bond acceptors (Lipinski definition) is 4. The Morgan fingerprint density at radius 1 is 0.742 bits per heavy atom. The van der Waals surface area contributed by atoms with Crippen LogP contribution in [0.25, 0.3) is 11.1 Å². The van der Waals surface area contributed by atoms with Gasteiger partial charge in [-0.2, -0.15) is 4.98 Å². The number of carboxylic acid groups (broad SMARTS) is 1. The van der Waals surface area contributed by atoms with Crippen LogP contribution < -0.4 is 9.47 Å². The predicted molar refractivity (Wildman–Crippen MR) is 118 cm³/mol. The third kappa shape index (κ3) is 5.28. The Morgan fingerprint density at radius 3 is 2.03 bits per heavy atom. The third-order valence-corrected chi connectivity index (χ3v) is 4.70. The van der Waals surface area contributed by atoms with E-state index in [1.54, 1.807) is 24.3 Å². The lowest BCUT2D eigenvalue weighted by molar-refractivity contribution is 0.0697. The largest absolute Gasteiger partial charge is 0.478 e. The van der Waals surface area contributed by atoms with Crippen molar-refractivity contribution in [2.75, 3.05) is 0 Å². The molecule has 4 aromatic rings. The summed E-state index contributed by atoms with van der Waals surface area (Å²) in [6.07, 6.45) is 0. The normalized spacial score (nSPS) is 10.5. The van der Waals surface area contributed by atoms with Gasteiger partial charge in [0.15, 0.2) is 0 Å². The van der Waals surface area contributed by atoms with E-state index in [0.717, 1.165) is 11.1 Å². The van der Waals surface area contributed by atoms with Crippen molar-refractivity contribution in [1.82, 2.24) is 4.98 Å². The highest BCUT2D eigenvalue weighted by molar-refractivity contribution is 5.89. The van der Waals surface area contributed by atoms with E-state index in [1.807, 2.05) is 72.8 Å². The van der Waals surface area contributed by atoms with Crippen LogP contribution in [0.15, 0.2) is 97.1 Å². The molecule has 0 aliphatic carbocycles. The molecule has 0 radical (unpaired) electrons. The van der Waals surface area contributed by atoms with E-state index >= 15 is 0 Å². The smallest absolute Gasteiger partial charge is 0.335 e. The summed E-state index contributed by atoms with van der Waals surface area (Å²) in [7, 11) is 0. The number of rotatable bonds is 8. The average Bonchev–Trinajstić information content (AvgIpc) is 2.83. The molecule has 5 heteroatoms. The lowest BCUT2D eigenvalue weighted by Gasteiger charge is -2.13. The Labute approximate surface area is 180 Å². The maximum absolute atomic E-state index is 11.4. The second-order valence-corrected chi connectivity index (χ2v) is 6.94. The van der Waals surface area contributed by atoms with Gasteiger partial charge < -0.3 is 14.6 Å². The van der Waals surface area contributed by atoms with Gasteiger partial charge in [0.2, 0.25) is 11.8 Å². The summed E-state index contributed by atoms with van der Waals surface area (Å²) in [4.78, 5) is 15.9. The van der Waals surface area contributed by atoms with Crippen LogP contribution in [0.2, 0.25) is 0 Å². The number of aromatic nitrogens is 1. The van der Waals surface area contributed by atoms with Gasteiger partial charge in [0.25, 0.3) is 0 Å². The number of ether oxygens (including phenoxy) is 2. The third-order valence-electron chi connectivity index (χ3n) is 4.70. The molecule has 1 aromatic heterocycles. The molecule has 1 heterocycles. The first-order valence-corrected chi connectivity index (χ1v) is 9.87. The van der Waals surface area contributed by atoms with Crippen molar-refractivity contribution in [1.29, 1.82) is 0 Å². The summed E-state index contributed by atoms with van der Waals surface area (Å²) < 4.78 is 11.9. The molecule has 1 N–H and O–H groups in total. The van der Waals surface area contributed by atoms with Crippen molar-refractivity contribution in [3.8, 4) is 22.9 Å². The summed E-state index contributed by atoms with van der Waals surface area (Å²) in [6.45, 7) is 0.724. The highest BCUT2D eigenvalue weighted by Gasteiger charge is 2.13. The first kappa shape index (κ1) is 20.2. The van der Waals surface area contributed by atoms with Crippen LogP contribution in [0.4, 0.5) is 0 Å². The zero-order valence-electron chi connectivity index (χ0n) is 16.8. The molecule has 154 valence electrons. The molecule has 0 aliphatic heterocycles. The predicted octanol–water partition coefficient (Wildman–Crippen LogP) is 5.60. The molecule has 0 bridgehead atoms. The number of hydrogen-bond donors (Lipinski definition) is 1. The van der Waals surface area contributed by atoms with Crippen LogP contribution in [0.5, 0.6) is 11.8 Å². The van der Waals surface area contributed by atoms with Crippen LogP contribution in [-0.2, 0) is 13.2 Å². The minimum absolute atomic E-state index is 0.205. The van der Waals surface area contributed by atoms with Crippen molar-refractivity contribution >= 4 is 5.97 Å². The summed E-state index contributed by atoms with van der Waals surface area (Å²) in [5, 5.41) is 9.33. The molecule has 0 spiro atoms. The van der Waals surface area contributed by atoms with Gasteiger partial charge in [-0.05, 0) is 34.9 Å². The van der Waals surface area contributed by atoms with E-state index in [4.69, 9.17) is 9.47 Å². The Balaban J connectivity index is 1.62. The Morgan fingerprint density at radius 2 is 1.39 bits per heavy atom. The molecule has 0 unspecified atom stereocenters. The van der Waals surface area contributed by atoms with Gasteiger partial charge in [-0.15, -0.1) is 0 Å². The minimum atomic E-state index is -0.982. The maximum atomic E-state index is 11.4. The molecule has 0 fully saturated rings. The zero-order chi connectivity index (χ0) is 21.5. The first-order chi connectivity index (χ1) is 15.2. The fraction of sp³-hybridized carbons (Fsp3) is 0.0769. The highest BCUT2D eigenvalue weighted by Crippen LogP contribution is 2.32. The van der Waals surface area contributed by atoms with Gasteiger partial charge in [-0.1, -0.05) is 72.8 Å². The molecule has 0 amide bonds. The number of pyridine rings is 1. The zero-order valence-corrected chi connectivity index (χ0v) is 16.8. The highest BCUT2D eigenvalue weighted by atomic mass is 16.5. The van der Waals surface area contributed by atoms with E-state index in [0.29, 0.717) is 36.1 Å². The first-order valence-electron chi connectivity index (χ1n) is 9.87. The van der Waals surface area contributed by atoms with Gasteiger partial charge in [-0.25, -0.2) is 4.79 Å². The topological polar surface area (TPSA) is 68.7 Å². The molecule has 0 atom stereocenters. The molecule has 0 saturated heterocycles. The van der Waals surface area contributed by atoms with E-state index in [1.165, 1.54) is 0 Å². The van der Waals surface area contributed by atoms with Gasteiger partial charge in [-0.3, -0.25) is 0 Å². The summed E-state index contributed by atoms with van der Waals surface area (Å²) in [5.74, 6) is -0.161. The molecule has 5 nitrogen and oxygen atoms in total. The van der Waals surface area contributed by atoms with E-state index in [2.05, 4.69) is 4.98 Å². The quantitative estimate of drug-likeness (QED) is 0.408. The molecule has 31 heavy (non-hydrogen) atoms. The SMILES string of the molecule is O=C(O)c1cccc(-c2ccc(OCc3ccccc3)nc2OCc2ccccc2)c1. The van der Waals surface area contributed by atoms with Crippen LogP contribution >= 0.6 is 0 Å². The van der Waals surface area contributed by atoms with Crippen molar-refractivity contribution in [3.63, 3.8) is 0 Å². The van der Waals surface area contributed by atoms with Gasteiger partial charge in [0, 0.05) is 11.6 Å². The molecule has 0 aliphatic rings. The molecular weight excluding hydrogens is 390 g/mol. The van der Waals surface area contributed by atoms with E-state index < -0.39 is 5.97 Å². The van der Waals surface area contributed by atoms with Crippen molar-refractivity contribution < 1.29 is 19.4 Å². The minimum Gasteiger partial charge on any atom is -0.478 e. The summed E-state index contributed by atoms with van der Waals surface area (Å²) in [5.41, 5.74) is 3.66. The second kappa shape index (κ2) is 9.59. The molecule has 0 saturated carbocycles. The Kier molecular flexibility index (Phi) is 6.24. The second-order valence-electron chi connectivity index (χ2n) is 6.94. The van der Waals surface area contributed by atoms with Crippen LogP contribution in [0, 0.1) is 0 Å². The fourth-order valence-electron chi connectivity index (χ4n) is 3.11.